The maximum Gasteiger partial charge on any atom is 0.312 e. The van der Waals surface area contributed by atoms with Crippen molar-refractivity contribution in [2.75, 3.05) is 0 Å². The topological polar surface area (TPSA) is 26.3 Å². The minimum atomic E-state index is -0.624. The molecule has 80 valence electrons. The SMILES string of the molecule is CC(C)=C(Cl)C1(C)CC(C)(C)C(=O)O1. The van der Waals surface area contributed by atoms with Crippen molar-refractivity contribution in [2.45, 2.75) is 46.6 Å². The first-order chi connectivity index (χ1) is 6.19. The fourth-order valence-corrected chi connectivity index (χ4v) is 2.05. The molecular weight excluding hydrogens is 200 g/mol. The van der Waals surface area contributed by atoms with Gasteiger partial charge in [-0.25, -0.2) is 0 Å². The monoisotopic (exact) mass is 216 g/mol. The summed E-state index contributed by atoms with van der Waals surface area (Å²) in [5, 5.41) is 0.649. The van der Waals surface area contributed by atoms with Gasteiger partial charge in [0.25, 0.3) is 0 Å². The van der Waals surface area contributed by atoms with Gasteiger partial charge in [-0.1, -0.05) is 17.2 Å². The minimum Gasteiger partial charge on any atom is -0.453 e. The molecule has 0 spiro atoms. The van der Waals surface area contributed by atoms with Crippen molar-refractivity contribution >= 4 is 17.6 Å². The smallest absolute Gasteiger partial charge is 0.312 e. The van der Waals surface area contributed by atoms with Gasteiger partial charge in [0, 0.05) is 6.42 Å². The van der Waals surface area contributed by atoms with Crippen LogP contribution in [0.2, 0.25) is 0 Å². The maximum absolute atomic E-state index is 11.5. The average molecular weight is 217 g/mol. The number of cyclic esters (lactones) is 1. The predicted octanol–water partition coefficient (Wildman–Crippen LogP) is 3.25. The third-order valence-corrected chi connectivity index (χ3v) is 3.33. The molecule has 0 aromatic heterocycles. The summed E-state index contributed by atoms with van der Waals surface area (Å²) in [4.78, 5) is 11.5. The highest BCUT2D eigenvalue weighted by atomic mass is 35.5. The van der Waals surface area contributed by atoms with Gasteiger partial charge in [0.1, 0.15) is 5.60 Å². The molecule has 3 heteroatoms. The van der Waals surface area contributed by atoms with E-state index in [0.717, 1.165) is 5.57 Å². The third-order valence-electron chi connectivity index (χ3n) is 2.55. The summed E-state index contributed by atoms with van der Waals surface area (Å²) in [6.07, 6.45) is 0.642. The van der Waals surface area contributed by atoms with Crippen LogP contribution in [0.5, 0.6) is 0 Å². The molecule has 1 saturated heterocycles. The summed E-state index contributed by atoms with van der Waals surface area (Å²) in [5.74, 6) is -0.167. The van der Waals surface area contributed by atoms with Gasteiger partial charge in [0.2, 0.25) is 0 Å². The second kappa shape index (κ2) is 3.27. The maximum atomic E-state index is 11.5. The second-order valence-corrected chi connectivity index (χ2v) is 5.37. The molecule has 1 rings (SSSR count). The van der Waals surface area contributed by atoms with Crippen LogP contribution in [0.25, 0.3) is 0 Å². The Labute approximate surface area is 90.3 Å². The Hall–Kier alpha value is -0.500. The quantitative estimate of drug-likeness (QED) is 0.629. The number of ether oxygens (including phenoxy) is 1. The van der Waals surface area contributed by atoms with Gasteiger partial charge in [-0.15, -0.1) is 0 Å². The van der Waals surface area contributed by atoms with Crippen LogP contribution in [-0.2, 0) is 9.53 Å². The van der Waals surface area contributed by atoms with E-state index in [-0.39, 0.29) is 5.97 Å². The highest BCUT2D eigenvalue weighted by molar-refractivity contribution is 6.31. The molecule has 0 aromatic rings. The normalized spacial score (nSPS) is 30.0. The van der Waals surface area contributed by atoms with Crippen molar-refractivity contribution in [1.29, 1.82) is 0 Å². The van der Waals surface area contributed by atoms with Crippen LogP contribution in [0.15, 0.2) is 10.6 Å². The van der Waals surface area contributed by atoms with E-state index in [4.69, 9.17) is 16.3 Å². The lowest BCUT2D eigenvalue weighted by Crippen LogP contribution is -2.25. The van der Waals surface area contributed by atoms with Gasteiger partial charge in [-0.3, -0.25) is 4.79 Å². The summed E-state index contributed by atoms with van der Waals surface area (Å²) >= 11 is 6.16. The summed E-state index contributed by atoms with van der Waals surface area (Å²) in [6.45, 7) is 9.49. The molecule has 0 aromatic carbocycles. The minimum absolute atomic E-state index is 0.167. The lowest BCUT2D eigenvalue weighted by Gasteiger charge is -2.23. The number of halogens is 1. The largest absolute Gasteiger partial charge is 0.453 e. The molecule has 1 unspecified atom stereocenters. The second-order valence-electron chi connectivity index (χ2n) is 5.00. The molecule has 0 radical (unpaired) electrons. The average Bonchev–Trinajstić information content (AvgIpc) is 2.20. The summed E-state index contributed by atoms with van der Waals surface area (Å²) in [6, 6.07) is 0. The number of esters is 1. The zero-order valence-electron chi connectivity index (χ0n) is 9.40. The molecule has 1 aliphatic heterocycles. The molecule has 14 heavy (non-hydrogen) atoms. The van der Waals surface area contributed by atoms with Crippen LogP contribution in [0.4, 0.5) is 0 Å². The van der Waals surface area contributed by atoms with E-state index in [1.165, 1.54) is 0 Å². The number of hydrogen-bond acceptors (Lipinski definition) is 2. The lowest BCUT2D eigenvalue weighted by atomic mass is 9.84. The van der Waals surface area contributed by atoms with Gasteiger partial charge in [0.15, 0.2) is 0 Å². The Morgan fingerprint density at radius 1 is 1.36 bits per heavy atom. The highest BCUT2D eigenvalue weighted by Crippen LogP contribution is 2.45. The number of allylic oxidation sites excluding steroid dienone is 1. The molecule has 0 N–H and O–H groups in total. The van der Waals surface area contributed by atoms with Gasteiger partial charge in [0.05, 0.1) is 10.4 Å². The Balaban J connectivity index is 3.03. The van der Waals surface area contributed by atoms with Crippen LogP contribution in [0.3, 0.4) is 0 Å². The highest BCUT2D eigenvalue weighted by Gasteiger charge is 2.50. The van der Waals surface area contributed by atoms with E-state index in [1.54, 1.807) is 0 Å². The third kappa shape index (κ3) is 1.81. The molecule has 1 atom stereocenters. The van der Waals surface area contributed by atoms with Crippen LogP contribution in [0, 0.1) is 5.41 Å². The van der Waals surface area contributed by atoms with Crippen molar-refractivity contribution in [3.8, 4) is 0 Å². The fraction of sp³-hybridized carbons (Fsp3) is 0.727. The molecule has 2 nitrogen and oxygen atoms in total. The van der Waals surface area contributed by atoms with E-state index >= 15 is 0 Å². The van der Waals surface area contributed by atoms with Crippen LogP contribution < -0.4 is 0 Å². The molecule has 1 aliphatic rings. The molecule has 1 heterocycles. The zero-order valence-corrected chi connectivity index (χ0v) is 10.2. The number of carbonyl (C=O) groups is 1. The van der Waals surface area contributed by atoms with E-state index in [0.29, 0.717) is 11.5 Å². The molecule has 0 bridgehead atoms. The Morgan fingerprint density at radius 3 is 2.14 bits per heavy atom. The van der Waals surface area contributed by atoms with Crippen molar-refractivity contribution in [1.82, 2.24) is 0 Å². The van der Waals surface area contributed by atoms with Crippen molar-refractivity contribution in [2.24, 2.45) is 5.41 Å². The zero-order chi connectivity index (χ0) is 11.1. The van der Waals surface area contributed by atoms with E-state index in [9.17, 15) is 4.79 Å². The van der Waals surface area contributed by atoms with Gasteiger partial charge in [-0.2, -0.15) is 0 Å². The molecule has 1 fully saturated rings. The Kier molecular flexibility index (Phi) is 2.70. The molecule has 0 aliphatic carbocycles. The summed E-state index contributed by atoms with van der Waals surface area (Å²) in [7, 11) is 0. The van der Waals surface area contributed by atoms with Gasteiger partial charge >= 0.3 is 5.97 Å². The van der Waals surface area contributed by atoms with Crippen molar-refractivity contribution in [3.05, 3.63) is 10.6 Å². The fourth-order valence-electron chi connectivity index (χ4n) is 1.95. The van der Waals surface area contributed by atoms with E-state index < -0.39 is 11.0 Å². The Morgan fingerprint density at radius 2 is 1.86 bits per heavy atom. The first kappa shape index (κ1) is 11.6. The first-order valence-corrected chi connectivity index (χ1v) is 5.14. The first-order valence-electron chi connectivity index (χ1n) is 4.76. The van der Waals surface area contributed by atoms with Gasteiger partial charge < -0.3 is 4.74 Å². The summed E-state index contributed by atoms with van der Waals surface area (Å²) in [5.41, 5.74) is -0.0506. The van der Waals surface area contributed by atoms with Gasteiger partial charge in [-0.05, 0) is 34.6 Å². The van der Waals surface area contributed by atoms with Crippen LogP contribution in [0.1, 0.15) is 41.0 Å². The lowest BCUT2D eigenvalue weighted by molar-refractivity contribution is -0.150. The number of hydrogen-bond donors (Lipinski definition) is 0. The van der Waals surface area contributed by atoms with E-state index in [2.05, 4.69) is 0 Å². The standard InChI is InChI=1S/C11H17ClO2/c1-7(2)8(12)11(5)6-10(3,4)9(13)14-11/h6H2,1-5H3. The molecule has 0 amide bonds. The van der Waals surface area contributed by atoms with Crippen molar-refractivity contribution in [3.63, 3.8) is 0 Å². The predicted molar refractivity (Wildman–Crippen MR) is 57.1 cm³/mol. The number of rotatable bonds is 1. The summed E-state index contributed by atoms with van der Waals surface area (Å²) < 4.78 is 5.36. The molecule has 0 saturated carbocycles. The van der Waals surface area contributed by atoms with Crippen molar-refractivity contribution < 1.29 is 9.53 Å². The number of carbonyl (C=O) groups excluding carboxylic acids is 1. The molecular formula is C11H17ClO2. The van der Waals surface area contributed by atoms with Crippen LogP contribution in [-0.4, -0.2) is 11.6 Å². The van der Waals surface area contributed by atoms with E-state index in [1.807, 2.05) is 34.6 Å². The van der Waals surface area contributed by atoms with Crippen LogP contribution >= 0.6 is 11.6 Å². The Bertz CT molecular complexity index is 300.